The van der Waals surface area contributed by atoms with Gasteiger partial charge in [0.15, 0.2) is 0 Å². The molecule has 138 valence electrons. The van der Waals surface area contributed by atoms with Crippen LogP contribution in [0.3, 0.4) is 0 Å². The lowest BCUT2D eigenvalue weighted by molar-refractivity contribution is -0.130. The molecule has 0 aliphatic carbocycles. The van der Waals surface area contributed by atoms with Gasteiger partial charge in [0, 0.05) is 25.6 Å². The fourth-order valence-electron chi connectivity index (χ4n) is 2.80. The van der Waals surface area contributed by atoms with Crippen LogP contribution < -0.4 is 5.73 Å². The Morgan fingerprint density at radius 2 is 1.65 bits per heavy atom. The van der Waals surface area contributed by atoms with Crippen molar-refractivity contribution in [2.75, 3.05) is 7.05 Å². The molecule has 2 N–H and O–H groups in total. The van der Waals surface area contributed by atoms with Gasteiger partial charge in [0.2, 0.25) is 11.8 Å². The minimum atomic E-state index is -0.459. The average molecular weight is 352 g/mol. The molecule has 0 radical (unpaired) electrons. The van der Waals surface area contributed by atoms with Crippen molar-refractivity contribution in [3.8, 4) is 0 Å². The zero-order valence-electron chi connectivity index (χ0n) is 16.1. The fraction of sp³-hybridized carbons (Fsp3) is 0.364. The summed E-state index contributed by atoms with van der Waals surface area (Å²) in [6, 6.07) is 15.6. The maximum absolute atomic E-state index is 12.4. The Hall–Kier alpha value is -2.62. The van der Waals surface area contributed by atoms with Crippen LogP contribution in [0.4, 0.5) is 0 Å². The highest BCUT2D eigenvalue weighted by molar-refractivity contribution is 5.92. The summed E-state index contributed by atoms with van der Waals surface area (Å²) in [6.07, 6.45) is 1.18. The van der Waals surface area contributed by atoms with Crippen molar-refractivity contribution in [2.24, 2.45) is 5.73 Å². The Morgan fingerprint density at radius 1 is 1.00 bits per heavy atom. The largest absolute Gasteiger partial charge is 0.366 e. The molecule has 0 saturated heterocycles. The highest BCUT2D eigenvalue weighted by Crippen LogP contribution is 2.22. The minimum absolute atomic E-state index is 0.0781. The third-order valence-corrected chi connectivity index (χ3v) is 4.50. The van der Waals surface area contributed by atoms with Crippen molar-refractivity contribution in [1.29, 1.82) is 0 Å². The highest BCUT2D eigenvalue weighted by Gasteiger charge is 2.14. The van der Waals surface area contributed by atoms with Crippen molar-refractivity contribution in [1.82, 2.24) is 4.90 Å². The number of rotatable bonds is 6. The lowest BCUT2D eigenvalue weighted by Crippen LogP contribution is -2.26. The SMILES string of the molecule is CN(Cc1cccc(C(N)=O)c1)C(=O)CCc1ccc(C(C)(C)C)cc1. The summed E-state index contributed by atoms with van der Waals surface area (Å²) < 4.78 is 0. The van der Waals surface area contributed by atoms with Crippen LogP contribution in [-0.4, -0.2) is 23.8 Å². The van der Waals surface area contributed by atoms with Crippen molar-refractivity contribution in [3.63, 3.8) is 0 Å². The summed E-state index contributed by atoms with van der Waals surface area (Å²) in [6.45, 7) is 7.03. The molecular weight excluding hydrogens is 324 g/mol. The number of primary amides is 1. The Bertz CT molecular complexity index is 773. The second kappa shape index (κ2) is 8.17. The molecule has 0 atom stereocenters. The zero-order valence-corrected chi connectivity index (χ0v) is 16.1. The van der Waals surface area contributed by atoms with Gasteiger partial charge in [0.1, 0.15) is 0 Å². The number of carbonyl (C=O) groups excluding carboxylic acids is 2. The quantitative estimate of drug-likeness (QED) is 0.862. The van der Waals surface area contributed by atoms with E-state index in [2.05, 4.69) is 45.0 Å². The number of nitrogens with two attached hydrogens (primary N) is 1. The molecule has 0 aliphatic rings. The lowest BCUT2D eigenvalue weighted by Gasteiger charge is -2.19. The highest BCUT2D eigenvalue weighted by atomic mass is 16.2. The van der Waals surface area contributed by atoms with Crippen LogP contribution in [-0.2, 0) is 23.2 Å². The molecule has 2 amide bonds. The molecular formula is C22H28N2O2. The third kappa shape index (κ3) is 5.45. The van der Waals surface area contributed by atoms with E-state index in [9.17, 15) is 9.59 Å². The number of carbonyl (C=O) groups is 2. The number of nitrogens with zero attached hydrogens (tertiary/aromatic N) is 1. The molecule has 0 unspecified atom stereocenters. The lowest BCUT2D eigenvalue weighted by atomic mass is 9.86. The summed E-state index contributed by atoms with van der Waals surface area (Å²) in [5.74, 6) is -0.381. The standard InChI is InChI=1S/C22H28N2O2/c1-22(2,3)19-11-8-16(9-12-19)10-13-20(25)24(4)15-17-6-5-7-18(14-17)21(23)26/h5-9,11-12,14H,10,13,15H2,1-4H3,(H2,23,26). The van der Waals surface area contributed by atoms with Gasteiger partial charge < -0.3 is 10.6 Å². The summed E-state index contributed by atoms with van der Waals surface area (Å²) in [5.41, 5.74) is 9.24. The first-order valence-corrected chi connectivity index (χ1v) is 8.89. The van der Waals surface area contributed by atoms with Crippen LogP contribution in [0.1, 0.15) is 54.2 Å². The maximum atomic E-state index is 12.4. The molecule has 0 saturated carbocycles. The number of amides is 2. The predicted molar refractivity (Wildman–Crippen MR) is 105 cm³/mol. The van der Waals surface area contributed by atoms with Gasteiger partial charge in [-0.1, -0.05) is 57.2 Å². The van der Waals surface area contributed by atoms with Crippen LogP contribution >= 0.6 is 0 Å². The van der Waals surface area contributed by atoms with Gasteiger partial charge in [-0.15, -0.1) is 0 Å². The Labute approximate surface area is 156 Å². The first-order valence-electron chi connectivity index (χ1n) is 8.89. The van der Waals surface area contributed by atoms with E-state index in [1.54, 1.807) is 30.1 Å². The molecule has 0 spiro atoms. The van der Waals surface area contributed by atoms with Gasteiger partial charge in [0.05, 0.1) is 0 Å². The smallest absolute Gasteiger partial charge is 0.248 e. The van der Waals surface area contributed by atoms with Gasteiger partial charge in [-0.05, 0) is 40.7 Å². The summed E-state index contributed by atoms with van der Waals surface area (Å²) in [5, 5.41) is 0. The topological polar surface area (TPSA) is 63.4 Å². The van der Waals surface area contributed by atoms with Crippen LogP contribution in [0, 0.1) is 0 Å². The summed E-state index contributed by atoms with van der Waals surface area (Å²) in [4.78, 5) is 25.3. The molecule has 2 rings (SSSR count). The van der Waals surface area contributed by atoms with Crippen molar-refractivity contribution in [2.45, 2.75) is 45.6 Å². The van der Waals surface area contributed by atoms with E-state index in [-0.39, 0.29) is 11.3 Å². The molecule has 4 heteroatoms. The Kier molecular flexibility index (Phi) is 6.19. The fourth-order valence-corrected chi connectivity index (χ4v) is 2.80. The second-order valence-corrected chi connectivity index (χ2v) is 7.76. The van der Waals surface area contributed by atoms with E-state index in [1.807, 2.05) is 6.07 Å². The molecule has 2 aromatic rings. The molecule has 0 bridgehead atoms. The molecule has 4 nitrogen and oxygen atoms in total. The Morgan fingerprint density at radius 3 is 2.23 bits per heavy atom. The molecule has 0 aromatic heterocycles. The maximum Gasteiger partial charge on any atom is 0.248 e. The van der Waals surface area contributed by atoms with E-state index in [4.69, 9.17) is 5.73 Å². The summed E-state index contributed by atoms with van der Waals surface area (Å²) >= 11 is 0. The van der Waals surface area contributed by atoms with Crippen molar-refractivity contribution in [3.05, 3.63) is 70.8 Å². The normalized spacial score (nSPS) is 11.2. The van der Waals surface area contributed by atoms with Gasteiger partial charge in [-0.3, -0.25) is 9.59 Å². The first-order chi connectivity index (χ1) is 12.2. The van der Waals surface area contributed by atoms with Crippen molar-refractivity contribution < 1.29 is 9.59 Å². The molecule has 0 fully saturated rings. The van der Waals surface area contributed by atoms with Gasteiger partial charge in [-0.2, -0.15) is 0 Å². The van der Waals surface area contributed by atoms with Gasteiger partial charge in [0.25, 0.3) is 0 Å². The van der Waals surface area contributed by atoms with Gasteiger partial charge >= 0.3 is 0 Å². The van der Waals surface area contributed by atoms with E-state index in [1.165, 1.54) is 5.56 Å². The van der Waals surface area contributed by atoms with Crippen LogP contribution in [0.25, 0.3) is 0 Å². The van der Waals surface area contributed by atoms with E-state index < -0.39 is 5.91 Å². The molecule has 0 heterocycles. The second-order valence-electron chi connectivity index (χ2n) is 7.76. The van der Waals surface area contributed by atoms with E-state index >= 15 is 0 Å². The van der Waals surface area contributed by atoms with Gasteiger partial charge in [-0.25, -0.2) is 0 Å². The third-order valence-electron chi connectivity index (χ3n) is 4.50. The zero-order chi connectivity index (χ0) is 19.3. The van der Waals surface area contributed by atoms with Crippen LogP contribution in [0.15, 0.2) is 48.5 Å². The minimum Gasteiger partial charge on any atom is -0.366 e. The van der Waals surface area contributed by atoms with Crippen molar-refractivity contribution >= 4 is 11.8 Å². The van der Waals surface area contributed by atoms with Crippen LogP contribution in [0.2, 0.25) is 0 Å². The average Bonchev–Trinajstić information content (AvgIpc) is 2.59. The Balaban J connectivity index is 1.91. The number of benzene rings is 2. The molecule has 0 aliphatic heterocycles. The predicted octanol–water partition coefficient (Wildman–Crippen LogP) is 3.67. The number of aryl methyl sites for hydroxylation is 1. The number of hydrogen-bond donors (Lipinski definition) is 1. The van der Waals surface area contributed by atoms with E-state index in [0.29, 0.717) is 18.5 Å². The summed E-state index contributed by atoms with van der Waals surface area (Å²) in [7, 11) is 1.78. The number of hydrogen-bond acceptors (Lipinski definition) is 2. The monoisotopic (exact) mass is 352 g/mol. The molecule has 26 heavy (non-hydrogen) atoms. The van der Waals surface area contributed by atoms with E-state index in [0.717, 1.165) is 17.5 Å². The molecule has 2 aromatic carbocycles. The van der Waals surface area contributed by atoms with Crippen LogP contribution in [0.5, 0.6) is 0 Å². The first kappa shape index (κ1) is 19.7.